The van der Waals surface area contributed by atoms with E-state index < -0.39 is 0 Å². The molecule has 19 heavy (non-hydrogen) atoms. The smallest absolute Gasteiger partial charge is 0.307 e. The zero-order valence-electron chi connectivity index (χ0n) is 12.0. The number of methoxy groups -OCH3 is 1. The maximum Gasteiger partial charge on any atom is 0.307 e. The number of ether oxygens (including phenoxy) is 1. The molecular weight excluding hydrogens is 266 g/mol. The van der Waals surface area contributed by atoms with Crippen molar-refractivity contribution in [2.24, 2.45) is 0 Å². The summed E-state index contributed by atoms with van der Waals surface area (Å²) in [5.41, 5.74) is 0.593. The van der Waals surface area contributed by atoms with Crippen molar-refractivity contribution in [2.75, 3.05) is 19.0 Å². The predicted octanol–water partition coefficient (Wildman–Crippen LogP) is 2.71. The largest absolute Gasteiger partial charge is 0.469 e. The first-order valence-corrected chi connectivity index (χ1v) is 6.48. The average molecular weight is 286 g/mol. The van der Waals surface area contributed by atoms with Crippen LogP contribution in [-0.4, -0.2) is 29.6 Å². The summed E-state index contributed by atoms with van der Waals surface area (Å²) in [5.74, 6) is 1.07. The van der Waals surface area contributed by atoms with E-state index in [4.69, 9.17) is 11.6 Å². The van der Waals surface area contributed by atoms with Gasteiger partial charge in [0, 0.05) is 17.5 Å². The number of nitrogens with zero attached hydrogens (tertiary/aromatic N) is 2. The van der Waals surface area contributed by atoms with Crippen LogP contribution in [0.2, 0.25) is 5.15 Å². The Morgan fingerprint density at radius 3 is 2.53 bits per heavy atom. The van der Waals surface area contributed by atoms with Gasteiger partial charge in [-0.05, 0) is 6.92 Å². The number of esters is 1. The van der Waals surface area contributed by atoms with Crippen molar-refractivity contribution < 1.29 is 9.53 Å². The van der Waals surface area contributed by atoms with Gasteiger partial charge in [-0.3, -0.25) is 4.79 Å². The third-order valence-electron chi connectivity index (χ3n) is 2.61. The van der Waals surface area contributed by atoms with Crippen LogP contribution in [0.25, 0.3) is 0 Å². The highest BCUT2D eigenvalue weighted by Gasteiger charge is 2.20. The fourth-order valence-corrected chi connectivity index (χ4v) is 1.55. The van der Waals surface area contributed by atoms with Crippen LogP contribution < -0.4 is 5.32 Å². The summed E-state index contributed by atoms with van der Waals surface area (Å²) in [6.07, 6.45) is 0.280. The number of hydrogen-bond donors (Lipinski definition) is 1. The molecule has 0 unspecified atom stereocenters. The first-order valence-electron chi connectivity index (χ1n) is 6.11. The molecule has 0 spiro atoms. The topological polar surface area (TPSA) is 64.1 Å². The summed E-state index contributed by atoms with van der Waals surface area (Å²) < 4.78 is 4.58. The lowest BCUT2D eigenvalue weighted by molar-refractivity contribution is -0.140. The van der Waals surface area contributed by atoms with Crippen LogP contribution in [0.1, 0.15) is 38.6 Å². The minimum atomic E-state index is -0.263. The lowest BCUT2D eigenvalue weighted by Crippen LogP contribution is -2.19. The van der Waals surface area contributed by atoms with E-state index in [2.05, 4.69) is 20.0 Å². The second-order valence-corrected chi connectivity index (χ2v) is 5.67. The fourth-order valence-electron chi connectivity index (χ4n) is 1.38. The molecule has 5 nitrogen and oxygen atoms in total. The van der Waals surface area contributed by atoms with Crippen LogP contribution in [0.4, 0.5) is 5.82 Å². The Morgan fingerprint density at radius 1 is 1.37 bits per heavy atom. The Morgan fingerprint density at radius 2 is 2.00 bits per heavy atom. The number of hydrogen-bond acceptors (Lipinski definition) is 5. The standard InChI is InChI=1S/C13H20ClN3O2/c1-8-10(14)16-12(13(2,3)4)17-11(8)15-7-6-9(18)19-5/h6-7H2,1-5H3,(H,15,16,17). The van der Waals surface area contributed by atoms with Crippen molar-refractivity contribution in [1.29, 1.82) is 0 Å². The van der Waals surface area contributed by atoms with Gasteiger partial charge in [-0.2, -0.15) is 0 Å². The molecule has 1 rings (SSSR count). The van der Waals surface area contributed by atoms with Crippen LogP contribution in [0.3, 0.4) is 0 Å². The van der Waals surface area contributed by atoms with Crippen molar-refractivity contribution in [1.82, 2.24) is 9.97 Å². The van der Waals surface area contributed by atoms with Gasteiger partial charge in [0.15, 0.2) is 0 Å². The quantitative estimate of drug-likeness (QED) is 0.681. The average Bonchev–Trinajstić information content (AvgIpc) is 2.32. The lowest BCUT2D eigenvalue weighted by atomic mass is 9.95. The Hall–Kier alpha value is -1.36. The van der Waals surface area contributed by atoms with Crippen LogP contribution >= 0.6 is 11.6 Å². The first-order chi connectivity index (χ1) is 8.75. The molecule has 0 aliphatic rings. The number of halogens is 1. The highest BCUT2D eigenvalue weighted by atomic mass is 35.5. The summed E-state index contributed by atoms with van der Waals surface area (Å²) in [5, 5.41) is 3.53. The lowest BCUT2D eigenvalue weighted by Gasteiger charge is -2.19. The molecule has 0 aliphatic carbocycles. The van der Waals surface area contributed by atoms with Crippen LogP contribution in [0.5, 0.6) is 0 Å². The molecule has 0 saturated heterocycles. The Kier molecular flexibility index (Phi) is 5.11. The molecule has 1 heterocycles. The highest BCUT2D eigenvalue weighted by Crippen LogP contribution is 2.25. The molecule has 6 heteroatoms. The van der Waals surface area contributed by atoms with E-state index in [1.165, 1.54) is 7.11 Å². The number of carbonyl (C=O) groups excluding carboxylic acids is 1. The van der Waals surface area contributed by atoms with Gasteiger partial charge in [0.05, 0.1) is 13.5 Å². The van der Waals surface area contributed by atoms with Crippen LogP contribution in [0.15, 0.2) is 0 Å². The first kappa shape index (κ1) is 15.7. The van der Waals surface area contributed by atoms with Gasteiger partial charge in [-0.15, -0.1) is 0 Å². The third-order valence-corrected chi connectivity index (χ3v) is 2.97. The minimum Gasteiger partial charge on any atom is -0.469 e. The summed E-state index contributed by atoms with van der Waals surface area (Å²) in [6, 6.07) is 0. The Bertz CT molecular complexity index is 470. The second kappa shape index (κ2) is 6.19. The molecule has 0 bridgehead atoms. The van der Waals surface area contributed by atoms with E-state index in [0.717, 1.165) is 5.56 Å². The second-order valence-electron chi connectivity index (χ2n) is 5.31. The Labute approximate surface area is 118 Å². The number of anilines is 1. The molecule has 0 atom stereocenters. The van der Waals surface area contributed by atoms with Gasteiger partial charge in [0.25, 0.3) is 0 Å². The van der Waals surface area contributed by atoms with Crippen molar-refractivity contribution >= 4 is 23.4 Å². The van der Waals surface area contributed by atoms with E-state index >= 15 is 0 Å². The maximum absolute atomic E-state index is 11.1. The highest BCUT2D eigenvalue weighted by molar-refractivity contribution is 6.30. The van der Waals surface area contributed by atoms with E-state index in [1.54, 1.807) is 0 Å². The molecule has 0 radical (unpaired) electrons. The minimum absolute atomic E-state index is 0.184. The number of rotatable bonds is 4. The fraction of sp³-hybridized carbons (Fsp3) is 0.615. The molecule has 1 aromatic rings. The third kappa shape index (κ3) is 4.35. The molecule has 0 saturated carbocycles. The zero-order chi connectivity index (χ0) is 14.6. The van der Waals surface area contributed by atoms with Gasteiger partial charge in [-0.1, -0.05) is 32.4 Å². The summed E-state index contributed by atoms with van der Waals surface area (Å²) >= 11 is 6.11. The molecule has 0 fully saturated rings. The van der Waals surface area contributed by atoms with Crippen LogP contribution in [-0.2, 0) is 14.9 Å². The monoisotopic (exact) mass is 285 g/mol. The molecule has 1 N–H and O–H groups in total. The van der Waals surface area contributed by atoms with E-state index in [-0.39, 0.29) is 17.8 Å². The Balaban J connectivity index is 2.88. The van der Waals surface area contributed by atoms with Crippen molar-refractivity contribution in [3.8, 4) is 0 Å². The van der Waals surface area contributed by atoms with Crippen molar-refractivity contribution in [3.63, 3.8) is 0 Å². The molecule has 0 amide bonds. The van der Waals surface area contributed by atoms with Gasteiger partial charge in [-0.25, -0.2) is 9.97 Å². The van der Waals surface area contributed by atoms with Gasteiger partial charge in [0.1, 0.15) is 16.8 Å². The molecule has 0 aromatic carbocycles. The summed E-state index contributed by atoms with van der Waals surface area (Å²) in [4.78, 5) is 19.8. The molecular formula is C13H20ClN3O2. The SMILES string of the molecule is COC(=O)CCNc1nc(C(C)(C)C)nc(Cl)c1C. The van der Waals surface area contributed by atoms with E-state index in [0.29, 0.717) is 23.3 Å². The van der Waals surface area contributed by atoms with Crippen molar-refractivity contribution in [2.45, 2.75) is 39.5 Å². The number of aromatic nitrogens is 2. The summed E-state index contributed by atoms with van der Waals surface area (Å²) in [7, 11) is 1.37. The van der Waals surface area contributed by atoms with E-state index in [1.807, 2.05) is 27.7 Å². The van der Waals surface area contributed by atoms with E-state index in [9.17, 15) is 4.79 Å². The number of nitrogens with one attached hydrogen (secondary N) is 1. The molecule has 106 valence electrons. The van der Waals surface area contributed by atoms with Crippen molar-refractivity contribution in [3.05, 3.63) is 16.5 Å². The maximum atomic E-state index is 11.1. The van der Waals surface area contributed by atoms with Crippen LogP contribution in [0, 0.1) is 6.92 Å². The van der Waals surface area contributed by atoms with Gasteiger partial charge in [0.2, 0.25) is 0 Å². The summed E-state index contributed by atoms with van der Waals surface area (Å²) in [6.45, 7) is 8.35. The normalized spacial score (nSPS) is 11.3. The molecule has 0 aliphatic heterocycles. The predicted molar refractivity (Wildman–Crippen MR) is 75.6 cm³/mol. The zero-order valence-corrected chi connectivity index (χ0v) is 12.8. The van der Waals surface area contributed by atoms with Gasteiger partial charge >= 0.3 is 5.97 Å². The molecule has 1 aromatic heterocycles. The number of carbonyl (C=O) groups is 1. The van der Waals surface area contributed by atoms with Gasteiger partial charge < -0.3 is 10.1 Å².